The zero-order valence-corrected chi connectivity index (χ0v) is 12.4. The first-order valence-electron chi connectivity index (χ1n) is 6.73. The van der Waals surface area contributed by atoms with E-state index in [4.69, 9.17) is 11.6 Å². The highest BCUT2D eigenvalue weighted by molar-refractivity contribution is 7.89. The van der Waals surface area contributed by atoms with Gasteiger partial charge in [-0.3, -0.25) is 0 Å². The quantitative estimate of drug-likeness (QED) is 0.429. The molecule has 4 nitrogen and oxygen atoms in total. The Morgan fingerprint density at radius 3 is 2.28 bits per heavy atom. The first-order valence-corrected chi connectivity index (χ1v) is 8.92. The molecule has 0 heterocycles. The summed E-state index contributed by atoms with van der Waals surface area (Å²) >= 11 is 5.51. The average molecular weight is 298 g/mol. The van der Waals surface area contributed by atoms with Gasteiger partial charge in [-0.25, -0.2) is 13.1 Å². The first kappa shape index (κ1) is 16.2. The van der Waals surface area contributed by atoms with Crippen molar-refractivity contribution < 1.29 is 13.5 Å². The van der Waals surface area contributed by atoms with Crippen LogP contribution in [0.15, 0.2) is 0 Å². The number of sulfonamides is 1. The molecule has 6 heteroatoms. The van der Waals surface area contributed by atoms with Crippen LogP contribution in [0, 0.1) is 0 Å². The van der Waals surface area contributed by atoms with Crippen LogP contribution in [0.3, 0.4) is 0 Å². The molecule has 1 saturated carbocycles. The number of halogens is 1. The van der Waals surface area contributed by atoms with Crippen LogP contribution in [0.2, 0.25) is 0 Å². The van der Waals surface area contributed by atoms with E-state index >= 15 is 0 Å². The molecular formula is C12H24ClNO3S. The largest absolute Gasteiger partial charge is 0.389 e. The SMILES string of the molecule is O=S(=O)(CCCCCl)NCC1(O)CCCCCC1. The average Bonchev–Trinajstić information content (AvgIpc) is 2.53. The minimum atomic E-state index is -3.27. The Morgan fingerprint density at radius 1 is 1.11 bits per heavy atom. The van der Waals surface area contributed by atoms with Crippen LogP contribution in [0.4, 0.5) is 0 Å². The second-order valence-corrected chi connectivity index (χ2v) is 7.48. The van der Waals surface area contributed by atoms with Crippen molar-refractivity contribution in [3.05, 3.63) is 0 Å². The highest BCUT2D eigenvalue weighted by Crippen LogP contribution is 2.26. The number of nitrogens with one attached hydrogen (secondary N) is 1. The van der Waals surface area contributed by atoms with Gasteiger partial charge in [0.05, 0.1) is 11.4 Å². The molecule has 0 aromatic carbocycles. The number of hydrogen-bond acceptors (Lipinski definition) is 3. The normalized spacial score (nSPS) is 20.6. The molecule has 18 heavy (non-hydrogen) atoms. The third kappa shape index (κ3) is 6.36. The van der Waals surface area contributed by atoms with Crippen LogP contribution in [-0.4, -0.2) is 37.3 Å². The lowest BCUT2D eigenvalue weighted by molar-refractivity contribution is 0.0303. The predicted molar refractivity (Wildman–Crippen MR) is 74.4 cm³/mol. The molecule has 0 radical (unpaired) electrons. The van der Waals surface area contributed by atoms with Crippen molar-refractivity contribution in [2.24, 2.45) is 0 Å². The fraction of sp³-hybridized carbons (Fsp3) is 1.00. The zero-order valence-electron chi connectivity index (χ0n) is 10.8. The van der Waals surface area contributed by atoms with E-state index in [9.17, 15) is 13.5 Å². The van der Waals surface area contributed by atoms with Crippen LogP contribution >= 0.6 is 11.6 Å². The van der Waals surface area contributed by atoms with Gasteiger partial charge in [-0.1, -0.05) is 25.7 Å². The molecule has 0 aromatic heterocycles. The van der Waals surface area contributed by atoms with Gasteiger partial charge in [-0.15, -0.1) is 11.6 Å². The Hall–Kier alpha value is 0.160. The summed E-state index contributed by atoms with van der Waals surface area (Å²) in [6, 6.07) is 0. The Labute approximate surface area is 115 Å². The van der Waals surface area contributed by atoms with Crippen molar-refractivity contribution in [1.29, 1.82) is 0 Å². The molecule has 1 aliphatic rings. The maximum atomic E-state index is 11.7. The van der Waals surface area contributed by atoms with Crippen molar-refractivity contribution in [3.8, 4) is 0 Å². The molecule has 0 amide bonds. The van der Waals surface area contributed by atoms with E-state index in [1.165, 1.54) is 0 Å². The van der Waals surface area contributed by atoms with Crippen molar-refractivity contribution in [1.82, 2.24) is 4.72 Å². The number of aliphatic hydroxyl groups is 1. The monoisotopic (exact) mass is 297 g/mol. The van der Waals surface area contributed by atoms with Gasteiger partial charge >= 0.3 is 0 Å². The maximum absolute atomic E-state index is 11.7. The fourth-order valence-electron chi connectivity index (χ4n) is 2.27. The highest BCUT2D eigenvalue weighted by Gasteiger charge is 2.29. The van der Waals surface area contributed by atoms with Crippen molar-refractivity contribution in [3.63, 3.8) is 0 Å². The lowest BCUT2D eigenvalue weighted by atomic mass is 9.95. The van der Waals surface area contributed by atoms with Crippen LogP contribution in [-0.2, 0) is 10.0 Å². The van der Waals surface area contributed by atoms with Gasteiger partial charge in [0, 0.05) is 12.4 Å². The Balaban J connectivity index is 2.37. The smallest absolute Gasteiger partial charge is 0.211 e. The van der Waals surface area contributed by atoms with Crippen LogP contribution < -0.4 is 4.72 Å². The summed E-state index contributed by atoms with van der Waals surface area (Å²) in [5, 5.41) is 10.3. The fourth-order valence-corrected chi connectivity index (χ4v) is 3.67. The van der Waals surface area contributed by atoms with Crippen LogP contribution in [0.1, 0.15) is 51.4 Å². The second-order valence-electron chi connectivity index (χ2n) is 5.17. The number of alkyl halides is 1. The van der Waals surface area contributed by atoms with Gasteiger partial charge in [0.2, 0.25) is 10.0 Å². The van der Waals surface area contributed by atoms with Crippen molar-refractivity contribution in [2.45, 2.75) is 57.0 Å². The topological polar surface area (TPSA) is 66.4 Å². The summed E-state index contributed by atoms with van der Waals surface area (Å²) in [5.41, 5.74) is -0.851. The Bertz CT molecular complexity index is 324. The lowest BCUT2D eigenvalue weighted by Gasteiger charge is -2.26. The van der Waals surface area contributed by atoms with Crippen molar-refractivity contribution >= 4 is 21.6 Å². The Morgan fingerprint density at radius 2 is 1.72 bits per heavy atom. The van der Waals surface area contributed by atoms with E-state index in [0.717, 1.165) is 25.7 Å². The summed E-state index contributed by atoms with van der Waals surface area (Å²) in [6.07, 6.45) is 6.86. The molecular weight excluding hydrogens is 274 g/mol. The van der Waals surface area contributed by atoms with E-state index in [1.54, 1.807) is 0 Å². The summed E-state index contributed by atoms with van der Waals surface area (Å²) in [4.78, 5) is 0. The molecule has 0 atom stereocenters. The lowest BCUT2D eigenvalue weighted by Crippen LogP contribution is -2.43. The minimum Gasteiger partial charge on any atom is -0.389 e. The molecule has 2 N–H and O–H groups in total. The molecule has 0 aromatic rings. The van der Waals surface area contributed by atoms with E-state index in [0.29, 0.717) is 31.6 Å². The summed E-state index contributed by atoms with van der Waals surface area (Å²) in [7, 11) is -3.27. The summed E-state index contributed by atoms with van der Waals surface area (Å²) in [6.45, 7) is 0.149. The summed E-state index contributed by atoms with van der Waals surface area (Å²) < 4.78 is 26.0. The van der Waals surface area contributed by atoms with Gasteiger partial charge < -0.3 is 5.11 Å². The van der Waals surface area contributed by atoms with Gasteiger partial charge in [0.1, 0.15) is 0 Å². The van der Waals surface area contributed by atoms with Gasteiger partial charge in [-0.05, 0) is 25.7 Å². The number of unbranched alkanes of at least 4 members (excludes halogenated alkanes) is 1. The van der Waals surface area contributed by atoms with E-state index in [2.05, 4.69) is 4.72 Å². The summed E-state index contributed by atoms with van der Waals surface area (Å²) in [5.74, 6) is 0.579. The van der Waals surface area contributed by atoms with Gasteiger partial charge in [-0.2, -0.15) is 0 Å². The van der Waals surface area contributed by atoms with E-state index in [1.807, 2.05) is 0 Å². The van der Waals surface area contributed by atoms with Crippen molar-refractivity contribution in [2.75, 3.05) is 18.2 Å². The second kappa shape index (κ2) is 7.68. The molecule has 108 valence electrons. The number of hydrogen-bond donors (Lipinski definition) is 2. The Kier molecular flexibility index (Phi) is 6.92. The minimum absolute atomic E-state index is 0.0931. The zero-order chi connectivity index (χ0) is 13.5. The third-order valence-corrected chi connectivity index (χ3v) is 5.13. The molecule has 0 aliphatic heterocycles. The predicted octanol–water partition coefficient (Wildman–Crippen LogP) is 2.01. The standard InChI is InChI=1S/C12H24ClNO3S/c13-9-5-6-10-18(16,17)14-11-12(15)7-3-1-2-4-8-12/h14-15H,1-11H2. The maximum Gasteiger partial charge on any atom is 0.211 e. The number of rotatable bonds is 7. The van der Waals surface area contributed by atoms with E-state index < -0.39 is 15.6 Å². The molecule has 1 fully saturated rings. The van der Waals surface area contributed by atoms with Crippen LogP contribution in [0.25, 0.3) is 0 Å². The highest BCUT2D eigenvalue weighted by atomic mass is 35.5. The molecule has 1 aliphatic carbocycles. The molecule has 0 spiro atoms. The van der Waals surface area contributed by atoms with Gasteiger partial charge in [0.25, 0.3) is 0 Å². The molecule has 0 unspecified atom stereocenters. The van der Waals surface area contributed by atoms with E-state index in [-0.39, 0.29) is 12.3 Å². The molecule has 0 bridgehead atoms. The molecule has 1 rings (SSSR count). The third-order valence-electron chi connectivity index (χ3n) is 3.45. The first-order chi connectivity index (χ1) is 8.47. The van der Waals surface area contributed by atoms with Crippen LogP contribution in [0.5, 0.6) is 0 Å². The van der Waals surface area contributed by atoms with Gasteiger partial charge in [0.15, 0.2) is 0 Å². The molecule has 0 saturated heterocycles.